The van der Waals surface area contributed by atoms with Gasteiger partial charge in [0.25, 0.3) is 0 Å². The van der Waals surface area contributed by atoms with E-state index in [1.165, 1.54) is 6.20 Å². The van der Waals surface area contributed by atoms with Crippen molar-refractivity contribution in [3.05, 3.63) is 46.7 Å². The minimum Gasteiger partial charge on any atom is -0.323 e. The van der Waals surface area contributed by atoms with Crippen molar-refractivity contribution in [2.24, 2.45) is 0 Å². The van der Waals surface area contributed by atoms with Gasteiger partial charge in [0, 0.05) is 6.20 Å². The second-order valence-electron chi connectivity index (χ2n) is 3.49. The number of nitrogens with one attached hydrogen (secondary N) is 1. The molecule has 84 valence electrons. The molecule has 1 heterocycles. The van der Waals surface area contributed by atoms with Crippen LogP contribution < -0.4 is 5.32 Å². The van der Waals surface area contributed by atoms with Crippen LogP contribution in [0.25, 0.3) is 0 Å². The highest BCUT2D eigenvalue weighted by Crippen LogP contribution is 2.24. The zero-order valence-corrected chi connectivity index (χ0v) is 9.86. The molecule has 0 fully saturated rings. The molecule has 17 heavy (non-hydrogen) atoms. The van der Waals surface area contributed by atoms with E-state index in [4.69, 9.17) is 16.9 Å². The van der Waals surface area contributed by atoms with Gasteiger partial charge < -0.3 is 5.32 Å². The predicted octanol–water partition coefficient (Wildman–Crippen LogP) is 3.05. The summed E-state index contributed by atoms with van der Waals surface area (Å²) in [4.78, 5) is 8.04. The molecule has 1 aromatic carbocycles. The number of rotatable bonds is 2. The Labute approximate surface area is 104 Å². The molecule has 2 rings (SSSR count). The first-order valence-electron chi connectivity index (χ1n) is 4.95. The van der Waals surface area contributed by atoms with Gasteiger partial charge in [-0.25, -0.2) is 9.97 Å². The number of hydrogen-bond acceptors (Lipinski definition) is 4. The lowest BCUT2D eigenvalue weighted by Crippen LogP contribution is -1.98. The Morgan fingerprint density at radius 3 is 2.94 bits per heavy atom. The minimum atomic E-state index is 0.311. The molecule has 0 radical (unpaired) electrons. The highest BCUT2D eigenvalue weighted by Gasteiger charge is 2.03. The van der Waals surface area contributed by atoms with Gasteiger partial charge in [-0.05, 0) is 30.7 Å². The lowest BCUT2D eigenvalue weighted by molar-refractivity contribution is 1.14. The normalized spacial score (nSPS) is 9.71. The Morgan fingerprint density at radius 1 is 1.35 bits per heavy atom. The average Bonchev–Trinajstić information content (AvgIpc) is 2.34. The van der Waals surface area contributed by atoms with Crippen molar-refractivity contribution in [2.45, 2.75) is 6.92 Å². The maximum Gasteiger partial charge on any atom is 0.228 e. The lowest BCUT2D eigenvalue weighted by Gasteiger charge is -2.07. The van der Waals surface area contributed by atoms with Gasteiger partial charge in [-0.1, -0.05) is 17.7 Å². The molecule has 1 N–H and O–H groups in total. The van der Waals surface area contributed by atoms with Gasteiger partial charge in [-0.3, -0.25) is 0 Å². The molecular formula is C12H9ClN4. The molecule has 0 amide bonds. The Morgan fingerprint density at radius 2 is 2.18 bits per heavy atom. The quantitative estimate of drug-likeness (QED) is 0.882. The summed E-state index contributed by atoms with van der Waals surface area (Å²) in [5.74, 6) is 0.358. The highest BCUT2D eigenvalue weighted by atomic mass is 35.5. The van der Waals surface area contributed by atoms with Crippen molar-refractivity contribution in [3.8, 4) is 6.07 Å². The van der Waals surface area contributed by atoms with Gasteiger partial charge in [0.2, 0.25) is 5.95 Å². The van der Waals surface area contributed by atoms with Crippen LogP contribution in [0.1, 0.15) is 11.3 Å². The third-order valence-corrected chi connectivity index (χ3v) is 2.47. The number of nitriles is 1. The van der Waals surface area contributed by atoms with E-state index in [0.717, 1.165) is 11.3 Å². The zero-order valence-electron chi connectivity index (χ0n) is 9.11. The van der Waals surface area contributed by atoms with Gasteiger partial charge in [0.15, 0.2) is 0 Å². The standard InChI is InChI=1S/C12H9ClN4/c1-8-2-3-10(13)11(6-8)17-12-15-5-4-9(7-14)16-12/h2-6H,1H3,(H,15,16,17). The van der Waals surface area contributed by atoms with Crippen molar-refractivity contribution < 1.29 is 0 Å². The third kappa shape index (κ3) is 2.71. The largest absolute Gasteiger partial charge is 0.323 e. The topological polar surface area (TPSA) is 61.6 Å². The monoisotopic (exact) mass is 244 g/mol. The molecule has 0 aliphatic carbocycles. The van der Waals surface area contributed by atoms with Gasteiger partial charge in [-0.15, -0.1) is 0 Å². The summed E-state index contributed by atoms with van der Waals surface area (Å²) in [6, 6.07) is 9.11. The maximum absolute atomic E-state index is 8.73. The number of benzene rings is 1. The van der Waals surface area contributed by atoms with E-state index in [1.54, 1.807) is 12.1 Å². The molecule has 0 saturated heterocycles. The van der Waals surface area contributed by atoms with E-state index >= 15 is 0 Å². The van der Waals surface area contributed by atoms with E-state index in [0.29, 0.717) is 16.7 Å². The Hall–Kier alpha value is -2.12. The molecule has 1 aromatic heterocycles. The second-order valence-corrected chi connectivity index (χ2v) is 3.89. The number of hydrogen-bond donors (Lipinski definition) is 1. The summed E-state index contributed by atoms with van der Waals surface area (Å²) in [7, 11) is 0. The van der Waals surface area contributed by atoms with Crippen molar-refractivity contribution in [1.29, 1.82) is 5.26 Å². The molecule has 0 atom stereocenters. The van der Waals surface area contributed by atoms with Crippen molar-refractivity contribution in [1.82, 2.24) is 9.97 Å². The molecular weight excluding hydrogens is 236 g/mol. The smallest absolute Gasteiger partial charge is 0.228 e. The Balaban J connectivity index is 2.31. The third-order valence-electron chi connectivity index (χ3n) is 2.14. The zero-order chi connectivity index (χ0) is 12.3. The molecule has 0 aliphatic heterocycles. The van der Waals surface area contributed by atoms with Gasteiger partial charge in [-0.2, -0.15) is 5.26 Å². The number of nitrogens with zero attached hydrogens (tertiary/aromatic N) is 3. The van der Waals surface area contributed by atoms with Crippen LogP contribution in [0.2, 0.25) is 5.02 Å². The molecule has 5 heteroatoms. The number of halogens is 1. The van der Waals surface area contributed by atoms with Crippen LogP contribution in [0.4, 0.5) is 11.6 Å². The Bertz CT molecular complexity index is 589. The fourth-order valence-corrected chi connectivity index (χ4v) is 1.50. The van der Waals surface area contributed by atoms with Crippen LogP contribution in [0.15, 0.2) is 30.5 Å². The van der Waals surface area contributed by atoms with Gasteiger partial charge in [0.1, 0.15) is 11.8 Å². The first kappa shape index (κ1) is 11.4. The summed E-state index contributed by atoms with van der Waals surface area (Å²) < 4.78 is 0. The number of anilines is 2. The molecule has 0 bridgehead atoms. The van der Waals surface area contributed by atoms with Crippen molar-refractivity contribution >= 4 is 23.2 Å². The summed E-state index contributed by atoms with van der Waals surface area (Å²) >= 11 is 6.04. The predicted molar refractivity (Wildman–Crippen MR) is 66.2 cm³/mol. The fraction of sp³-hybridized carbons (Fsp3) is 0.0833. The second kappa shape index (κ2) is 4.81. The van der Waals surface area contributed by atoms with Crippen LogP contribution in [0, 0.1) is 18.3 Å². The van der Waals surface area contributed by atoms with Crippen LogP contribution >= 0.6 is 11.6 Å². The first-order valence-corrected chi connectivity index (χ1v) is 5.33. The molecule has 0 spiro atoms. The van der Waals surface area contributed by atoms with Gasteiger partial charge >= 0.3 is 0 Å². The Kier molecular flexibility index (Phi) is 3.22. The van der Waals surface area contributed by atoms with E-state index in [1.807, 2.05) is 25.1 Å². The molecule has 2 aromatic rings. The summed E-state index contributed by atoms with van der Waals surface area (Å²) in [5, 5.41) is 12.3. The van der Waals surface area contributed by atoms with E-state index < -0.39 is 0 Å². The van der Waals surface area contributed by atoms with E-state index in [-0.39, 0.29) is 0 Å². The fourth-order valence-electron chi connectivity index (χ4n) is 1.34. The maximum atomic E-state index is 8.73. The minimum absolute atomic E-state index is 0.311. The molecule has 4 nitrogen and oxygen atoms in total. The SMILES string of the molecule is Cc1ccc(Cl)c(Nc2nccc(C#N)n2)c1. The van der Waals surface area contributed by atoms with E-state index in [2.05, 4.69) is 15.3 Å². The van der Waals surface area contributed by atoms with Crippen molar-refractivity contribution in [2.75, 3.05) is 5.32 Å². The van der Waals surface area contributed by atoms with Crippen LogP contribution in [0.5, 0.6) is 0 Å². The van der Waals surface area contributed by atoms with Crippen LogP contribution in [-0.2, 0) is 0 Å². The van der Waals surface area contributed by atoms with Crippen LogP contribution in [-0.4, -0.2) is 9.97 Å². The molecule has 0 saturated carbocycles. The van der Waals surface area contributed by atoms with Crippen molar-refractivity contribution in [3.63, 3.8) is 0 Å². The average molecular weight is 245 g/mol. The molecule has 0 unspecified atom stereocenters. The van der Waals surface area contributed by atoms with Gasteiger partial charge in [0.05, 0.1) is 10.7 Å². The first-order chi connectivity index (χ1) is 8.19. The lowest BCUT2D eigenvalue weighted by atomic mass is 10.2. The summed E-state index contributed by atoms with van der Waals surface area (Å²) in [5.41, 5.74) is 2.11. The summed E-state index contributed by atoms with van der Waals surface area (Å²) in [6.07, 6.45) is 1.53. The van der Waals surface area contributed by atoms with E-state index in [9.17, 15) is 0 Å². The molecule has 0 aliphatic rings. The number of aryl methyl sites for hydroxylation is 1. The van der Waals surface area contributed by atoms with Crippen LogP contribution in [0.3, 0.4) is 0 Å². The number of aromatic nitrogens is 2. The highest BCUT2D eigenvalue weighted by molar-refractivity contribution is 6.33. The summed E-state index contributed by atoms with van der Waals surface area (Å²) in [6.45, 7) is 1.97.